The standard InChI is InChI=1S/C23H19ClN2OS/c1-16-8-10-17(11-9-16)19-15-28-22(21(19)26-12-4-5-13-26)23(27)25-14-18-6-2-3-7-20(18)24/h2-13,15H,14H2,1H3,(H,25,27). The van der Waals surface area contributed by atoms with Gasteiger partial charge in [-0.2, -0.15) is 0 Å². The summed E-state index contributed by atoms with van der Waals surface area (Å²) < 4.78 is 2.00. The van der Waals surface area contributed by atoms with Crippen LogP contribution in [0.3, 0.4) is 0 Å². The molecular weight excluding hydrogens is 388 g/mol. The molecule has 0 saturated heterocycles. The summed E-state index contributed by atoms with van der Waals surface area (Å²) in [4.78, 5) is 13.7. The highest BCUT2D eigenvalue weighted by molar-refractivity contribution is 7.13. The quantitative estimate of drug-likeness (QED) is 0.427. The maximum Gasteiger partial charge on any atom is 0.263 e. The van der Waals surface area contributed by atoms with Crippen molar-refractivity contribution in [3.05, 3.63) is 99.5 Å². The fraction of sp³-hybridized carbons (Fsp3) is 0.0870. The molecular formula is C23H19ClN2OS. The maximum absolute atomic E-state index is 13.0. The van der Waals surface area contributed by atoms with Crippen molar-refractivity contribution in [3.8, 4) is 16.8 Å². The molecule has 0 saturated carbocycles. The predicted octanol–water partition coefficient (Wildman–Crippen LogP) is 6.10. The molecule has 0 unspecified atom stereocenters. The van der Waals surface area contributed by atoms with Gasteiger partial charge in [0.05, 0.1) is 5.69 Å². The minimum atomic E-state index is -0.105. The Morgan fingerprint density at radius 1 is 1.04 bits per heavy atom. The highest BCUT2D eigenvalue weighted by atomic mass is 35.5. The summed E-state index contributed by atoms with van der Waals surface area (Å²) in [5.41, 5.74) is 5.14. The molecule has 0 aliphatic carbocycles. The van der Waals surface area contributed by atoms with E-state index in [-0.39, 0.29) is 5.91 Å². The van der Waals surface area contributed by atoms with Crippen molar-refractivity contribution in [2.24, 2.45) is 0 Å². The molecule has 28 heavy (non-hydrogen) atoms. The van der Waals surface area contributed by atoms with Crippen LogP contribution in [-0.4, -0.2) is 10.5 Å². The molecule has 0 spiro atoms. The topological polar surface area (TPSA) is 34.0 Å². The number of hydrogen-bond donors (Lipinski definition) is 1. The maximum atomic E-state index is 13.0. The third kappa shape index (κ3) is 3.75. The van der Waals surface area contributed by atoms with E-state index in [1.54, 1.807) is 0 Å². The van der Waals surface area contributed by atoms with Gasteiger partial charge in [-0.25, -0.2) is 0 Å². The van der Waals surface area contributed by atoms with Crippen LogP contribution in [0, 0.1) is 6.92 Å². The zero-order chi connectivity index (χ0) is 19.5. The van der Waals surface area contributed by atoms with E-state index in [0.29, 0.717) is 16.4 Å². The van der Waals surface area contributed by atoms with Crippen LogP contribution in [0.15, 0.2) is 78.4 Å². The third-order valence-corrected chi connectivity index (χ3v) is 5.93. The van der Waals surface area contributed by atoms with Crippen LogP contribution in [0.25, 0.3) is 16.8 Å². The lowest BCUT2D eigenvalue weighted by Crippen LogP contribution is -2.23. The first-order valence-electron chi connectivity index (χ1n) is 8.97. The lowest BCUT2D eigenvalue weighted by atomic mass is 10.0. The van der Waals surface area contributed by atoms with Crippen molar-refractivity contribution < 1.29 is 4.79 Å². The molecule has 140 valence electrons. The molecule has 4 aromatic rings. The van der Waals surface area contributed by atoms with Gasteiger partial charge in [0, 0.05) is 34.9 Å². The summed E-state index contributed by atoms with van der Waals surface area (Å²) in [6, 6.07) is 19.8. The second-order valence-corrected chi connectivity index (χ2v) is 7.84. The number of nitrogens with zero attached hydrogens (tertiary/aromatic N) is 1. The van der Waals surface area contributed by atoms with Crippen LogP contribution >= 0.6 is 22.9 Å². The lowest BCUT2D eigenvalue weighted by molar-refractivity contribution is 0.0955. The van der Waals surface area contributed by atoms with E-state index in [1.165, 1.54) is 16.9 Å². The zero-order valence-electron chi connectivity index (χ0n) is 15.4. The number of amides is 1. The summed E-state index contributed by atoms with van der Waals surface area (Å²) in [7, 11) is 0. The van der Waals surface area contributed by atoms with Crippen LogP contribution < -0.4 is 5.32 Å². The number of rotatable bonds is 5. The highest BCUT2D eigenvalue weighted by Crippen LogP contribution is 2.35. The normalized spacial score (nSPS) is 10.8. The zero-order valence-corrected chi connectivity index (χ0v) is 16.9. The fourth-order valence-corrected chi connectivity index (χ4v) is 4.28. The van der Waals surface area contributed by atoms with Gasteiger partial charge in [0.2, 0.25) is 0 Å². The Balaban J connectivity index is 1.68. The Kier molecular flexibility index (Phi) is 5.33. The first kappa shape index (κ1) is 18.5. The molecule has 1 N–H and O–H groups in total. The van der Waals surface area contributed by atoms with E-state index in [2.05, 4.69) is 36.5 Å². The summed E-state index contributed by atoms with van der Waals surface area (Å²) in [6.45, 7) is 2.46. The van der Waals surface area contributed by atoms with Gasteiger partial charge in [-0.15, -0.1) is 11.3 Å². The Labute approximate surface area is 173 Å². The first-order chi connectivity index (χ1) is 13.6. The van der Waals surface area contributed by atoms with E-state index in [0.717, 1.165) is 22.4 Å². The summed E-state index contributed by atoms with van der Waals surface area (Å²) in [6.07, 6.45) is 3.93. The highest BCUT2D eigenvalue weighted by Gasteiger charge is 2.20. The molecule has 5 heteroatoms. The van der Waals surface area contributed by atoms with Gasteiger partial charge in [-0.05, 0) is 36.2 Å². The van der Waals surface area contributed by atoms with Crippen molar-refractivity contribution in [3.63, 3.8) is 0 Å². The lowest BCUT2D eigenvalue weighted by Gasteiger charge is -2.11. The van der Waals surface area contributed by atoms with E-state index < -0.39 is 0 Å². The SMILES string of the molecule is Cc1ccc(-c2csc(C(=O)NCc3ccccc3Cl)c2-n2cccc2)cc1. The van der Waals surface area contributed by atoms with Crippen molar-refractivity contribution >= 4 is 28.8 Å². The summed E-state index contributed by atoms with van der Waals surface area (Å²) in [5, 5.41) is 5.70. The first-order valence-corrected chi connectivity index (χ1v) is 10.2. The number of thiophene rings is 1. The van der Waals surface area contributed by atoms with Gasteiger partial charge in [0.15, 0.2) is 0 Å². The molecule has 0 fully saturated rings. The van der Waals surface area contributed by atoms with Crippen LogP contribution in [0.4, 0.5) is 0 Å². The van der Waals surface area contributed by atoms with Gasteiger partial charge in [-0.1, -0.05) is 59.6 Å². The Morgan fingerprint density at radius 2 is 1.75 bits per heavy atom. The number of halogens is 1. The van der Waals surface area contributed by atoms with E-state index in [9.17, 15) is 4.79 Å². The van der Waals surface area contributed by atoms with Gasteiger partial charge >= 0.3 is 0 Å². The second-order valence-electron chi connectivity index (χ2n) is 6.56. The number of benzene rings is 2. The van der Waals surface area contributed by atoms with Gasteiger partial charge < -0.3 is 9.88 Å². The average Bonchev–Trinajstić information content (AvgIpc) is 3.37. The molecule has 0 atom stereocenters. The molecule has 2 aromatic heterocycles. The summed E-state index contributed by atoms with van der Waals surface area (Å²) in [5.74, 6) is -0.105. The molecule has 0 radical (unpaired) electrons. The summed E-state index contributed by atoms with van der Waals surface area (Å²) >= 11 is 7.67. The molecule has 4 rings (SSSR count). The molecule has 0 aliphatic heterocycles. The largest absolute Gasteiger partial charge is 0.347 e. The molecule has 3 nitrogen and oxygen atoms in total. The van der Waals surface area contributed by atoms with E-state index in [4.69, 9.17) is 11.6 Å². The number of carbonyl (C=O) groups excluding carboxylic acids is 1. The van der Waals surface area contributed by atoms with Crippen molar-refractivity contribution in [2.45, 2.75) is 13.5 Å². The van der Waals surface area contributed by atoms with Crippen molar-refractivity contribution in [1.82, 2.24) is 9.88 Å². The fourth-order valence-electron chi connectivity index (χ4n) is 3.09. The van der Waals surface area contributed by atoms with Crippen molar-refractivity contribution in [2.75, 3.05) is 0 Å². The predicted molar refractivity (Wildman–Crippen MR) is 116 cm³/mol. The van der Waals surface area contributed by atoms with Crippen LogP contribution in [-0.2, 0) is 6.54 Å². The number of hydrogen-bond acceptors (Lipinski definition) is 2. The molecule has 2 aromatic carbocycles. The average molecular weight is 407 g/mol. The molecule has 0 aliphatic rings. The van der Waals surface area contributed by atoms with Crippen LogP contribution in [0.5, 0.6) is 0 Å². The van der Waals surface area contributed by atoms with E-state index in [1.807, 2.05) is 58.7 Å². The number of aryl methyl sites for hydroxylation is 1. The number of aromatic nitrogens is 1. The van der Waals surface area contributed by atoms with Crippen LogP contribution in [0.2, 0.25) is 5.02 Å². The monoisotopic (exact) mass is 406 g/mol. The Hall–Kier alpha value is -2.82. The minimum absolute atomic E-state index is 0.105. The van der Waals surface area contributed by atoms with Gasteiger partial charge in [0.25, 0.3) is 5.91 Å². The van der Waals surface area contributed by atoms with Gasteiger partial charge in [-0.3, -0.25) is 4.79 Å². The number of nitrogens with one attached hydrogen (secondary N) is 1. The molecule has 2 heterocycles. The molecule has 1 amide bonds. The van der Waals surface area contributed by atoms with E-state index >= 15 is 0 Å². The molecule has 0 bridgehead atoms. The third-order valence-electron chi connectivity index (χ3n) is 4.59. The van der Waals surface area contributed by atoms with Gasteiger partial charge in [0.1, 0.15) is 4.88 Å². The minimum Gasteiger partial charge on any atom is -0.347 e. The smallest absolute Gasteiger partial charge is 0.263 e. The Bertz CT molecular complexity index is 1100. The second kappa shape index (κ2) is 8.05. The Morgan fingerprint density at radius 3 is 2.46 bits per heavy atom. The van der Waals surface area contributed by atoms with Crippen molar-refractivity contribution in [1.29, 1.82) is 0 Å². The van der Waals surface area contributed by atoms with Crippen LogP contribution in [0.1, 0.15) is 20.8 Å². The number of carbonyl (C=O) groups is 1.